The lowest BCUT2D eigenvalue weighted by atomic mass is 10.2. The Morgan fingerprint density at radius 2 is 1.73 bits per heavy atom. The van der Waals surface area contributed by atoms with Gasteiger partial charge in [-0.1, -0.05) is 12.2 Å². The molecule has 5 rings (SSSR count). The van der Waals surface area contributed by atoms with Gasteiger partial charge in [0.1, 0.15) is 24.3 Å². The second kappa shape index (κ2) is 9.53. The van der Waals surface area contributed by atoms with Gasteiger partial charge < -0.3 is 14.9 Å². The molecule has 10 nitrogen and oxygen atoms in total. The lowest BCUT2D eigenvalue weighted by molar-refractivity contribution is 0.252. The van der Waals surface area contributed by atoms with Crippen LogP contribution in [-0.2, 0) is 0 Å². The highest BCUT2D eigenvalue weighted by molar-refractivity contribution is 5.68. The van der Waals surface area contributed by atoms with Gasteiger partial charge in [-0.05, 0) is 23.8 Å². The smallest absolute Gasteiger partial charge is 0.225 e. The summed E-state index contributed by atoms with van der Waals surface area (Å²) >= 11 is 0. The number of nitrogens with zero attached hydrogens (tertiary/aromatic N) is 9. The van der Waals surface area contributed by atoms with Gasteiger partial charge in [-0.2, -0.15) is 0 Å². The molecule has 1 aliphatic heterocycles. The van der Waals surface area contributed by atoms with Gasteiger partial charge in [0.15, 0.2) is 0 Å². The number of aromatic nitrogens is 7. The van der Waals surface area contributed by atoms with Crippen molar-refractivity contribution in [2.24, 2.45) is 0 Å². The molecule has 0 aromatic carbocycles. The Hall–Kier alpha value is -4.18. The number of aliphatic hydroxyl groups is 1. The van der Waals surface area contributed by atoms with Gasteiger partial charge in [-0.25, -0.2) is 29.9 Å². The molecule has 0 aliphatic carbocycles. The van der Waals surface area contributed by atoms with Crippen LogP contribution in [0.1, 0.15) is 11.1 Å². The fourth-order valence-corrected chi connectivity index (χ4v) is 3.76. The summed E-state index contributed by atoms with van der Waals surface area (Å²) in [7, 11) is 0. The van der Waals surface area contributed by atoms with Crippen LogP contribution >= 0.6 is 0 Å². The standard InChI is InChI=1S/C23H23N9O/c33-15-20-14-30(22-5-6-24-16-29-22)9-10-32(20)23-27-12-19(13-28-23)2-1-18-3-4-21(26-11-18)31-8-7-25-17-31/h1-8,11-13,16-17,20,33H,9-10,14-15H2/b2-1+/t20-/m1/s1. The molecular formula is C23H23N9O. The quantitative estimate of drug-likeness (QED) is 0.478. The van der Waals surface area contributed by atoms with Crippen LogP contribution in [0.15, 0.2) is 68.0 Å². The van der Waals surface area contributed by atoms with E-state index in [4.69, 9.17) is 0 Å². The average Bonchev–Trinajstić information content (AvgIpc) is 3.43. The average molecular weight is 441 g/mol. The van der Waals surface area contributed by atoms with Crippen molar-refractivity contribution in [2.45, 2.75) is 6.04 Å². The number of hydrogen-bond acceptors (Lipinski definition) is 9. The zero-order chi connectivity index (χ0) is 22.5. The first-order valence-electron chi connectivity index (χ1n) is 10.6. The van der Waals surface area contributed by atoms with Gasteiger partial charge in [-0.15, -0.1) is 0 Å². The van der Waals surface area contributed by atoms with Crippen LogP contribution in [0.4, 0.5) is 11.8 Å². The van der Waals surface area contributed by atoms with Crippen LogP contribution in [0.5, 0.6) is 0 Å². The third-order valence-electron chi connectivity index (χ3n) is 5.51. The molecule has 1 saturated heterocycles. The van der Waals surface area contributed by atoms with Gasteiger partial charge in [0.25, 0.3) is 0 Å². The van der Waals surface area contributed by atoms with Crippen molar-refractivity contribution in [1.82, 2.24) is 34.5 Å². The van der Waals surface area contributed by atoms with E-state index in [1.54, 1.807) is 31.1 Å². The predicted octanol–water partition coefficient (Wildman–Crippen LogP) is 1.71. The van der Waals surface area contributed by atoms with Gasteiger partial charge in [0.05, 0.1) is 12.6 Å². The Labute approximate surface area is 191 Å². The largest absolute Gasteiger partial charge is 0.394 e. The SMILES string of the molecule is OC[C@H]1CN(c2ccncn2)CCN1c1ncc(/C=C/c2ccc(-n3ccnc3)nc2)cn1. The Kier molecular flexibility index (Phi) is 5.98. The van der Waals surface area contributed by atoms with Crippen LogP contribution in [0.2, 0.25) is 0 Å². The summed E-state index contributed by atoms with van der Waals surface area (Å²) in [4.78, 5) is 30.0. The van der Waals surface area contributed by atoms with Crippen molar-refractivity contribution in [1.29, 1.82) is 0 Å². The Morgan fingerprint density at radius 3 is 2.42 bits per heavy atom. The van der Waals surface area contributed by atoms with Crippen LogP contribution in [0.3, 0.4) is 0 Å². The zero-order valence-corrected chi connectivity index (χ0v) is 17.9. The molecule has 0 unspecified atom stereocenters. The number of imidazole rings is 1. The number of piperazine rings is 1. The van der Waals surface area contributed by atoms with Crippen molar-refractivity contribution in [3.63, 3.8) is 0 Å². The molecule has 1 N–H and O–H groups in total. The third-order valence-corrected chi connectivity index (χ3v) is 5.51. The maximum Gasteiger partial charge on any atom is 0.225 e. The Bertz CT molecular complexity index is 1180. The minimum atomic E-state index is -0.116. The van der Waals surface area contributed by atoms with E-state index >= 15 is 0 Å². The Balaban J connectivity index is 1.23. The lowest BCUT2D eigenvalue weighted by Crippen LogP contribution is -2.55. The predicted molar refractivity (Wildman–Crippen MR) is 125 cm³/mol. The fourth-order valence-electron chi connectivity index (χ4n) is 3.76. The van der Waals surface area contributed by atoms with Crippen molar-refractivity contribution < 1.29 is 5.11 Å². The molecule has 0 amide bonds. The lowest BCUT2D eigenvalue weighted by Gasteiger charge is -2.41. The van der Waals surface area contributed by atoms with E-state index in [2.05, 4.69) is 34.8 Å². The number of rotatable bonds is 6. The van der Waals surface area contributed by atoms with Crippen LogP contribution in [-0.4, -0.2) is 71.9 Å². The third kappa shape index (κ3) is 4.70. The highest BCUT2D eigenvalue weighted by Crippen LogP contribution is 2.20. The second-order valence-electron chi connectivity index (χ2n) is 7.61. The van der Waals surface area contributed by atoms with Gasteiger partial charge in [-0.3, -0.25) is 4.57 Å². The maximum absolute atomic E-state index is 9.95. The number of hydrogen-bond donors (Lipinski definition) is 1. The summed E-state index contributed by atoms with van der Waals surface area (Å²) in [6, 6.07) is 5.70. The first-order chi connectivity index (χ1) is 16.3. The van der Waals surface area contributed by atoms with E-state index in [9.17, 15) is 5.11 Å². The van der Waals surface area contributed by atoms with E-state index < -0.39 is 0 Å². The second-order valence-corrected chi connectivity index (χ2v) is 7.61. The summed E-state index contributed by atoms with van der Waals surface area (Å²) in [5.41, 5.74) is 1.86. The molecular weight excluding hydrogens is 418 g/mol. The van der Waals surface area contributed by atoms with Crippen LogP contribution in [0, 0.1) is 0 Å². The molecule has 0 spiro atoms. The van der Waals surface area contributed by atoms with Crippen molar-refractivity contribution in [2.75, 3.05) is 36.0 Å². The fraction of sp³-hybridized carbons (Fsp3) is 0.217. The normalized spacial score (nSPS) is 16.5. The molecule has 0 saturated carbocycles. The topological polar surface area (TPSA) is 109 Å². The highest BCUT2D eigenvalue weighted by Gasteiger charge is 2.28. The highest BCUT2D eigenvalue weighted by atomic mass is 16.3. The van der Waals surface area contributed by atoms with Crippen molar-refractivity contribution in [3.8, 4) is 5.82 Å². The van der Waals surface area contributed by atoms with E-state index in [1.165, 1.54) is 6.33 Å². The summed E-state index contributed by atoms with van der Waals surface area (Å²) in [6.45, 7) is 2.11. The number of pyridine rings is 1. The Morgan fingerprint density at radius 1 is 0.879 bits per heavy atom. The van der Waals surface area contributed by atoms with Crippen LogP contribution < -0.4 is 9.80 Å². The molecule has 166 valence electrons. The van der Waals surface area contributed by atoms with Gasteiger partial charge in [0.2, 0.25) is 5.95 Å². The van der Waals surface area contributed by atoms with Crippen molar-refractivity contribution >= 4 is 23.9 Å². The van der Waals surface area contributed by atoms with E-state index in [1.807, 2.05) is 52.2 Å². The summed E-state index contributed by atoms with van der Waals surface area (Å²) in [6.07, 6.45) is 17.9. The molecule has 1 atom stereocenters. The first-order valence-corrected chi connectivity index (χ1v) is 10.6. The van der Waals surface area contributed by atoms with Gasteiger partial charge in [0, 0.05) is 62.4 Å². The molecule has 33 heavy (non-hydrogen) atoms. The zero-order valence-electron chi connectivity index (χ0n) is 17.9. The molecule has 5 heterocycles. The van der Waals surface area contributed by atoms with Gasteiger partial charge >= 0.3 is 0 Å². The molecule has 4 aromatic heterocycles. The molecule has 1 fully saturated rings. The van der Waals surface area contributed by atoms with E-state index in [0.29, 0.717) is 19.0 Å². The molecule has 0 radical (unpaired) electrons. The van der Waals surface area contributed by atoms with E-state index in [-0.39, 0.29) is 12.6 Å². The maximum atomic E-state index is 9.95. The molecule has 4 aromatic rings. The summed E-state index contributed by atoms with van der Waals surface area (Å²) in [5, 5.41) is 9.95. The van der Waals surface area contributed by atoms with Crippen molar-refractivity contribution in [3.05, 3.63) is 79.2 Å². The number of anilines is 2. The monoisotopic (exact) mass is 441 g/mol. The van der Waals surface area contributed by atoms with E-state index in [0.717, 1.165) is 29.3 Å². The summed E-state index contributed by atoms with van der Waals surface area (Å²) < 4.78 is 1.85. The molecule has 10 heteroatoms. The minimum absolute atomic E-state index is 0.00860. The minimum Gasteiger partial charge on any atom is -0.394 e. The first kappa shape index (κ1) is 20.7. The molecule has 1 aliphatic rings. The molecule has 0 bridgehead atoms. The van der Waals surface area contributed by atoms with Crippen LogP contribution in [0.25, 0.3) is 18.0 Å². The number of aliphatic hydroxyl groups excluding tert-OH is 1. The summed E-state index contributed by atoms with van der Waals surface area (Å²) in [5.74, 6) is 2.28.